The lowest BCUT2D eigenvalue weighted by Crippen LogP contribution is -2.22. The van der Waals surface area contributed by atoms with Crippen LogP contribution in [0.1, 0.15) is 36.3 Å². The maximum absolute atomic E-state index is 6.08. The summed E-state index contributed by atoms with van der Waals surface area (Å²) in [4.78, 5) is 0. The number of hydrogen-bond donors (Lipinski definition) is 0. The molecule has 0 N–H and O–H groups in total. The van der Waals surface area contributed by atoms with Crippen molar-refractivity contribution in [1.29, 1.82) is 0 Å². The van der Waals surface area contributed by atoms with Gasteiger partial charge in [-0.1, -0.05) is 30.7 Å². The summed E-state index contributed by atoms with van der Waals surface area (Å²) in [6.07, 6.45) is 4.13. The normalized spacial score (nSPS) is 19.0. The Kier molecular flexibility index (Phi) is 3.12. The van der Waals surface area contributed by atoms with Crippen molar-refractivity contribution in [3.05, 3.63) is 35.4 Å². The largest absolute Gasteiger partial charge is 0.126 e. The Morgan fingerprint density at radius 2 is 2.07 bits per heavy atom. The smallest absolute Gasteiger partial charge is 0.0295 e. The molecule has 0 aromatic heterocycles. The van der Waals surface area contributed by atoms with Crippen LogP contribution in [0, 0.1) is 12.8 Å². The van der Waals surface area contributed by atoms with E-state index < -0.39 is 0 Å². The van der Waals surface area contributed by atoms with E-state index in [0.717, 1.165) is 11.8 Å². The van der Waals surface area contributed by atoms with E-state index in [9.17, 15) is 0 Å². The fourth-order valence-electron chi connectivity index (χ4n) is 2.31. The van der Waals surface area contributed by atoms with Gasteiger partial charge in [0.1, 0.15) is 0 Å². The Labute approximate surface area is 91.3 Å². The third-order valence-electron chi connectivity index (χ3n) is 3.47. The predicted molar refractivity (Wildman–Crippen MR) is 62.0 cm³/mol. The number of halogens is 1. The highest BCUT2D eigenvalue weighted by atomic mass is 35.5. The van der Waals surface area contributed by atoms with Crippen LogP contribution >= 0.6 is 11.6 Å². The van der Waals surface area contributed by atoms with Gasteiger partial charge >= 0.3 is 0 Å². The third kappa shape index (κ3) is 1.81. The van der Waals surface area contributed by atoms with Crippen LogP contribution in [0.2, 0.25) is 0 Å². The van der Waals surface area contributed by atoms with E-state index in [0.29, 0.717) is 5.92 Å². The van der Waals surface area contributed by atoms with Crippen molar-refractivity contribution in [3.8, 4) is 0 Å². The lowest BCUT2D eigenvalue weighted by molar-refractivity contribution is 0.273. The molecule has 0 spiro atoms. The second-order valence-electron chi connectivity index (χ2n) is 4.31. The first kappa shape index (κ1) is 10.0. The molecule has 2 rings (SSSR count). The Morgan fingerprint density at radius 3 is 2.57 bits per heavy atom. The van der Waals surface area contributed by atoms with Crippen molar-refractivity contribution in [1.82, 2.24) is 0 Å². The summed E-state index contributed by atoms with van der Waals surface area (Å²) in [7, 11) is 0. The molecule has 0 saturated heterocycles. The summed E-state index contributed by atoms with van der Waals surface area (Å²) in [6, 6.07) is 8.65. The molecule has 1 unspecified atom stereocenters. The highest BCUT2D eigenvalue weighted by molar-refractivity contribution is 6.18. The molecule has 1 aromatic rings. The van der Waals surface area contributed by atoms with Crippen molar-refractivity contribution < 1.29 is 0 Å². The van der Waals surface area contributed by atoms with Gasteiger partial charge in [-0.15, -0.1) is 11.6 Å². The molecule has 1 aliphatic rings. The first-order valence-electron chi connectivity index (χ1n) is 5.44. The average molecular weight is 209 g/mol. The maximum Gasteiger partial charge on any atom is 0.0295 e. The summed E-state index contributed by atoms with van der Waals surface area (Å²) in [5.74, 6) is 2.20. The van der Waals surface area contributed by atoms with E-state index in [1.807, 2.05) is 0 Å². The van der Waals surface area contributed by atoms with Gasteiger partial charge in [0.05, 0.1) is 0 Å². The summed E-state index contributed by atoms with van der Waals surface area (Å²) in [6.45, 7) is 2.19. The average Bonchev–Trinajstić information content (AvgIpc) is 2.12. The monoisotopic (exact) mass is 208 g/mol. The molecule has 0 bridgehead atoms. The van der Waals surface area contributed by atoms with Gasteiger partial charge in [-0.2, -0.15) is 0 Å². The highest BCUT2D eigenvalue weighted by Gasteiger charge is 2.28. The lowest BCUT2D eigenvalue weighted by Gasteiger charge is -2.33. The number of benzene rings is 1. The summed E-state index contributed by atoms with van der Waals surface area (Å²) >= 11 is 6.08. The molecule has 0 radical (unpaired) electrons. The molecule has 0 nitrogen and oxygen atoms in total. The minimum atomic E-state index is 0.589. The van der Waals surface area contributed by atoms with Gasteiger partial charge in [-0.3, -0.25) is 0 Å². The molecule has 1 saturated carbocycles. The quantitative estimate of drug-likeness (QED) is 0.656. The molecule has 1 aromatic carbocycles. The molecule has 76 valence electrons. The van der Waals surface area contributed by atoms with Gasteiger partial charge in [0.15, 0.2) is 0 Å². The Balaban J connectivity index is 2.22. The fourth-order valence-corrected chi connectivity index (χ4v) is 2.73. The topological polar surface area (TPSA) is 0 Å². The van der Waals surface area contributed by atoms with Crippen LogP contribution in [0.25, 0.3) is 0 Å². The second kappa shape index (κ2) is 4.35. The van der Waals surface area contributed by atoms with E-state index in [4.69, 9.17) is 11.6 Å². The minimum absolute atomic E-state index is 0.589. The molecule has 1 heteroatoms. The van der Waals surface area contributed by atoms with E-state index in [1.54, 1.807) is 0 Å². The van der Waals surface area contributed by atoms with E-state index in [1.165, 1.54) is 30.4 Å². The third-order valence-corrected chi connectivity index (χ3v) is 3.81. The summed E-state index contributed by atoms with van der Waals surface area (Å²) < 4.78 is 0. The maximum atomic E-state index is 6.08. The Bertz CT molecular complexity index is 302. The molecule has 14 heavy (non-hydrogen) atoms. The van der Waals surface area contributed by atoms with Gasteiger partial charge in [0.2, 0.25) is 0 Å². The van der Waals surface area contributed by atoms with Gasteiger partial charge in [0.25, 0.3) is 0 Å². The van der Waals surface area contributed by atoms with Gasteiger partial charge in [0, 0.05) is 11.8 Å². The van der Waals surface area contributed by atoms with E-state index in [-0.39, 0.29) is 0 Å². The summed E-state index contributed by atoms with van der Waals surface area (Å²) in [5, 5.41) is 0. The van der Waals surface area contributed by atoms with E-state index in [2.05, 4.69) is 31.2 Å². The zero-order valence-electron chi connectivity index (χ0n) is 8.67. The van der Waals surface area contributed by atoms with Crippen LogP contribution in [0.3, 0.4) is 0 Å². The van der Waals surface area contributed by atoms with Crippen molar-refractivity contribution in [2.24, 2.45) is 5.92 Å². The molecular weight excluding hydrogens is 192 g/mol. The zero-order chi connectivity index (χ0) is 9.97. The molecular formula is C13H17Cl. The van der Waals surface area contributed by atoms with Gasteiger partial charge in [-0.05, 0) is 36.8 Å². The first-order chi connectivity index (χ1) is 6.83. The Hall–Kier alpha value is -0.490. The van der Waals surface area contributed by atoms with Crippen molar-refractivity contribution >= 4 is 11.6 Å². The van der Waals surface area contributed by atoms with Gasteiger partial charge < -0.3 is 0 Å². The highest BCUT2D eigenvalue weighted by Crippen LogP contribution is 2.40. The molecule has 0 amide bonds. The number of alkyl halides is 1. The zero-order valence-corrected chi connectivity index (χ0v) is 9.43. The molecule has 0 aliphatic heterocycles. The second-order valence-corrected chi connectivity index (χ2v) is 4.62. The predicted octanol–water partition coefficient (Wildman–Crippen LogP) is 4.12. The first-order valence-corrected chi connectivity index (χ1v) is 5.98. The lowest BCUT2D eigenvalue weighted by atomic mass is 9.73. The SMILES string of the molecule is Cc1ccccc1C(CCl)C1CCC1. The summed E-state index contributed by atoms with van der Waals surface area (Å²) in [5.41, 5.74) is 2.86. The van der Waals surface area contributed by atoms with Crippen LogP contribution in [0.5, 0.6) is 0 Å². The number of aryl methyl sites for hydroxylation is 1. The number of rotatable bonds is 3. The van der Waals surface area contributed by atoms with Crippen LogP contribution in [0.15, 0.2) is 24.3 Å². The van der Waals surface area contributed by atoms with Gasteiger partial charge in [-0.25, -0.2) is 0 Å². The molecule has 1 atom stereocenters. The van der Waals surface area contributed by atoms with Crippen LogP contribution in [-0.2, 0) is 0 Å². The van der Waals surface area contributed by atoms with E-state index >= 15 is 0 Å². The number of hydrogen-bond acceptors (Lipinski definition) is 0. The van der Waals surface area contributed by atoms with Crippen LogP contribution in [-0.4, -0.2) is 5.88 Å². The molecule has 1 fully saturated rings. The fraction of sp³-hybridized carbons (Fsp3) is 0.538. The Morgan fingerprint density at radius 1 is 1.36 bits per heavy atom. The molecule has 1 aliphatic carbocycles. The van der Waals surface area contributed by atoms with Crippen LogP contribution < -0.4 is 0 Å². The molecule has 0 heterocycles. The minimum Gasteiger partial charge on any atom is -0.126 e. The van der Waals surface area contributed by atoms with Crippen molar-refractivity contribution in [2.45, 2.75) is 32.1 Å². The van der Waals surface area contributed by atoms with Crippen molar-refractivity contribution in [3.63, 3.8) is 0 Å². The van der Waals surface area contributed by atoms with Crippen molar-refractivity contribution in [2.75, 3.05) is 5.88 Å². The standard InChI is InChI=1S/C13H17Cl/c1-10-5-2-3-8-12(10)13(9-14)11-6-4-7-11/h2-3,5,8,11,13H,4,6-7,9H2,1H3. The van der Waals surface area contributed by atoms with Crippen LogP contribution in [0.4, 0.5) is 0 Å².